The average Bonchev–Trinajstić information content (AvgIpc) is 2.32. The molecule has 0 saturated heterocycles. The molecule has 0 radical (unpaired) electrons. The maximum atomic E-state index is 13.2. The van der Waals surface area contributed by atoms with Gasteiger partial charge >= 0.3 is 0 Å². The highest BCUT2D eigenvalue weighted by Gasteiger charge is 2.11. The second-order valence-electron chi connectivity index (χ2n) is 3.19. The van der Waals surface area contributed by atoms with Crippen LogP contribution in [0.2, 0.25) is 0 Å². The fourth-order valence-corrected chi connectivity index (χ4v) is 1.16. The summed E-state index contributed by atoms with van der Waals surface area (Å²) in [6, 6.07) is 2.66. The molecule has 1 aromatic rings. The molecule has 0 spiro atoms. The number of halogens is 2. The van der Waals surface area contributed by atoms with E-state index in [1.165, 1.54) is 0 Å². The SMILES string of the molecule is [N-]=[N+]=NCCCNC(=O)c1cc(F)ccc1F. The van der Waals surface area contributed by atoms with Gasteiger partial charge in [-0.1, -0.05) is 5.11 Å². The molecule has 5 nitrogen and oxygen atoms in total. The van der Waals surface area contributed by atoms with Crippen molar-refractivity contribution in [2.45, 2.75) is 6.42 Å². The first-order valence-electron chi connectivity index (χ1n) is 4.89. The van der Waals surface area contributed by atoms with Crippen molar-refractivity contribution in [1.29, 1.82) is 0 Å². The number of carbonyl (C=O) groups excluding carboxylic acids is 1. The Balaban J connectivity index is 2.52. The Morgan fingerprint density at radius 3 is 2.94 bits per heavy atom. The van der Waals surface area contributed by atoms with Crippen LogP contribution in [0.25, 0.3) is 10.4 Å². The maximum Gasteiger partial charge on any atom is 0.254 e. The van der Waals surface area contributed by atoms with Crippen molar-refractivity contribution in [2.75, 3.05) is 13.1 Å². The molecule has 0 heterocycles. The highest BCUT2D eigenvalue weighted by Crippen LogP contribution is 2.09. The Kier molecular flexibility index (Phi) is 4.90. The van der Waals surface area contributed by atoms with E-state index in [1.807, 2.05) is 0 Å². The highest BCUT2D eigenvalue weighted by molar-refractivity contribution is 5.94. The number of hydrogen-bond acceptors (Lipinski definition) is 2. The number of nitrogens with one attached hydrogen (secondary N) is 1. The lowest BCUT2D eigenvalue weighted by molar-refractivity contribution is 0.0949. The quantitative estimate of drug-likeness (QED) is 0.364. The topological polar surface area (TPSA) is 77.9 Å². The third-order valence-electron chi connectivity index (χ3n) is 1.96. The fourth-order valence-electron chi connectivity index (χ4n) is 1.16. The van der Waals surface area contributed by atoms with Gasteiger partial charge in [0, 0.05) is 18.0 Å². The Morgan fingerprint density at radius 2 is 2.24 bits per heavy atom. The molecule has 0 atom stereocenters. The van der Waals surface area contributed by atoms with Gasteiger partial charge in [-0.25, -0.2) is 8.78 Å². The highest BCUT2D eigenvalue weighted by atomic mass is 19.1. The number of carbonyl (C=O) groups is 1. The monoisotopic (exact) mass is 240 g/mol. The van der Waals surface area contributed by atoms with Crippen LogP contribution in [-0.4, -0.2) is 19.0 Å². The van der Waals surface area contributed by atoms with Gasteiger partial charge < -0.3 is 5.32 Å². The van der Waals surface area contributed by atoms with Crippen LogP contribution >= 0.6 is 0 Å². The lowest BCUT2D eigenvalue weighted by Crippen LogP contribution is -2.25. The van der Waals surface area contributed by atoms with Crippen molar-refractivity contribution in [3.05, 3.63) is 45.8 Å². The number of nitrogens with zero attached hydrogens (tertiary/aromatic N) is 3. The Hall–Kier alpha value is -2.14. The van der Waals surface area contributed by atoms with Crippen LogP contribution in [0.5, 0.6) is 0 Å². The number of benzene rings is 1. The lowest BCUT2D eigenvalue weighted by Gasteiger charge is -2.05. The number of azide groups is 1. The van der Waals surface area contributed by atoms with Crippen molar-refractivity contribution in [3.8, 4) is 0 Å². The van der Waals surface area contributed by atoms with Crippen LogP contribution in [0.1, 0.15) is 16.8 Å². The van der Waals surface area contributed by atoms with Gasteiger partial charge in [0.05, 0.1) is 5.56 Å². The van der Waals surface area contributed by atoms with E-state index in [-0.39, 0.29) is 18.7 Å². The second-order valence-corrected chi connectivity index (χ2v) is 3.19. The molecule has 1 amide bonds. The molecule has 0 aliphatic heterocycles. The summed E-state index contributed by atoms with van der Waals surface area (Å²) >= 11 is 0. The molecule has 0 bridgehead atoms. The molecule has 0 aromatic heterocycles. The summed E-state index contributed by atoms with van der Waals surface area (Å²) in [6.07, 6.45) is 0.437. The zero-order chi connectivity index (χ0) is 12.7. The molecule has 1 rings (SSSR count). The minimum absolute atomic E-state index is 0.230. The van der Waals surface area contributed by atoms with Gasteiger partial charge in [0.1, 0.15) is 11.6 Å². The lowest BCUT2D eigenvalue weighted by atomic mass is 10.2. The van der Waals surface area contributed by atoms with Crippen molar-refractivity contribution < 1.29 is 13.6 Å². The summed E-state index contributed by atoms with van der Waals surface area (Å²) in [4.78, 5) is 14.0. The normalized spacial score (nSPS) is 9.53. The molecule has 0 saturated carbocycles. The van der Waals surface area contributed by atoms with Gasteiger partial charge in [0.2, 0.25) is 0 Å². The first-order chi connectivity index (χ1) is 8.15. The fraction of sp³-hybridized carbons (Fsp3) is 0.300. The number of hydrogen-bond donors (Lipinski definition) is 1. The molecule has 0 unspecified atom stereocenters. The number of amides is 1. The van der Waals surface area contributed by atoms with Crippen molar-refractivity contribution in [2.24, 2.45) is 5.11 Å². The van der Waals surface area contributed by atoms with Gasteiger partial charge in [0.15, 0.2) is 0 Å². The molecule has 7 heteroatoms. The smallest absolute Gasteiger partial charge is 0.254 e. The Bertz CT molecular complexity index is 458. The van der Waals surface area contributed by atoms with Gasteiger partial charge in [-0.3, -0.25) is 4.79 Å². The number of rotatable bonds is 5. The molecule has 1 N–H and O–H groups in total. The zero-order valence-corrected chi connectivity index (χ0v) is 8.86. The van der Waals surface area contributed by atoms with Crippen LogP contribution in [0, 0.1) is 11.6 Å². The van der Waals surface area contributed by atoms with Crippen molar-refractivity contribution >= 4 is 5.91 Å². The van der Waals surface area contributed by atoms with E-state index in [9.17, 15) is 13.6 Å². The van der Waals surface area contributed by atoms with E-state index >= 15 is 0 Å². The standard InChI is InChI=1S/C10H10F2N4O/c11-7-2-3-9(12)8(6-7)10(17)14-4-1-5-15-16-13/h2-3,6H,1,4-5H2,(H,14,17). The van der Waals surface area contributed by atoms with E-state index < -0.39 is 17.5 Å². The van der Waals surface area contributed by atoms with Crippen molar-refractivity contribution in [3.63, 3.8) is 0 Å². The summed E-state index contributed by atoms with van der Waals surface area (Å²) in [5.41, 5.74) is 7.66. The van der Waals surface area contributed by atoms with E-state index in [0.717, 1.165) is 18.2 Å². The Labute approximate surface area is 96.1 Å². The van der Waals surface area contributed by atoms with Crippen LogP contribution in [0.3, 0.4) is 0 Å². The molecule has 0 aliphatic rings. The minimum atomic E-state index is -0.779. The molecule has 17 heavy (non-hydrogen) atoms. The summed E-state index contributed by atoms with van der Waals surface area (Å²) in [6.45, 7) is 0.468. The maximum absolute atomic E-state index is 13.2. The largest absolute Gasteiger partial charge is 0.352 e. The molecule has 0 aliphatic carbocycles. The molecular formula is C10H10F2N4O. The molecule has 90 valence electrons. The van der Waals surface area contributed by atoms with Gasteiger partial charge in [-0.15, -0.1) is 0 Å². The zero-order valence-electron chi connectivity index (χ0n) is 8.86. The van der Waals surface area contributed by atoms with Gasteiger partial charge in [0.25, 0.3) is 5.91 Å². The van der Waals surface area contributed by atoms with Crippen LogP contribution < -0.4 is 5.32 Å². The molecule has 1 aromatic carbocycles. The summed E-state index contributed by atoms with van der Waals surface area (Å²) in [5, 5.41) is 5.67. The van der Waals surface area contributed by atoms with E-state index in [0.29, 0.717) is 6.42 Å². The van der Waals surface area contributed by atoms with Crippen molar-refractivity contribution in [1.82, 2.24) is 5.32 Å². The van der Waals surface area contributed by atoms with Crippen LogP contribution in [0.4, 0.5) is 8.78 Å². The average molecular weight is 240 g/mol. The second kappa shape index (κ2) is 6.44. The predicted octanol–water partition coefficient (Wildman–Crippen LogP) is 2.40. The molecular weight excluding hydrogens is 230 g/mol. The summed E-state index contributed by atoms with van der Waals surface area (Å²) in [7, 11) is 0. The Morgan fingerprint density at radius 1 is 1.47 bits per heavy atom. The third-order valence-corrected chi connectivity index (χ3v) is 1.96. The summed E-state index contributed by atoms with van der Waals surface area (Å²) < 4.78 is 26.0. The van der Waals surface area contributed by atoms with E-state index in [2.05, 4.69) is 15.3 Å². The third kappa shape index (κ3) is 4.08. The van der Waals surface area contributed by atoms with Gasteiger partial charge in [-0.2, -0.15) is 0 Å². The van der Waals surface area contributed by atoms with E-state index in [1.54, 1.807) is 0 Å². The molecule has 0 fully saturated rings. The predicted molar refractivity (Wildman–Crippen MR) is 57.3 cm³/mol. The summed E-state index contributed by atoms with van der Waals surface area (Å²) in [5.74, 6) is -2.15. The van der Waals surface area contributed by atoms with E-state index in [4.69, 9.17) is 5.53 Å². The minimum Gasteiger partial charge on any atom is -0.352 e. The van der Waals surface area contributed by atoms with Crippen LogP contribution in [-0.2, 0) is 0 Å². The first kappa shape index (κ1) is 12.9. The van der Waals surface area contributed by atoms with Crippen LogP contribution in [0.15, 0.2) is 23.3 Å². The first-order valence-corrected chi connectivity index (χ1v) is 4.89. The van der Waals surface area contributed by atoms with Gasteiger partial charge in [-0.05, 0) is 30.2 Å².